The molecule has 0 aliphatic heterocycles. The third-order valence-corrected chi connectivity index (χ3v) is 20.1. The molecule has 0 heterocycles. The van der Waals surface area contributed by atoms with Crippen LogP contribution in [0.3, 0.4) is 0 Å². The molecule has 2 aromatic carbocycles. The summed E-state index contributed by atoms with van der Waals surface area (Å²) in [6.07, 6.45) is 18.2. The molecule has 0 bridgehead atoms. The number of fused-ring (bicyclic) bond motifs is 3. The first kappa shape index (κ1) is 30.2. The monoisotopic (exact) mass is 630 g/mol. The zero-order valence-electron chi connectivity index (χ0n) is 23.0. The van der Waals surface area contributed by atoms with E-state index in [1.807, 2.05) is 9.76 Å². The molecule has 2 aromatic rings. The van der Waals surface area contributed by atoms with Crippen molar-refractivity contribution in [2.24, 2.45) is 0 Å². The molecule has 0 nitrogen and oxygen atoms in total. The van der Waals surface area contributed by atoms with E-state index in [0.717, 1.165) is 6.42 Å². The fourth-order valence-corrected chi connectivity index (χ4v) is 17.2. The van der Waals surface area contributed by atoms with Gasteiger partial charge in [-0.1, -0.05) is 0 Å². The normalized spacial score (nSPS) is 16.7. The minimum Gasteiger partial charge on any atom is -1.00 e. The third-order valence-electron chi connectivity index (χ3n) is 8.17. The summed E-state index contributed by atoms with van der Waals surface area (Å²) in [7, 11) is -2.77. The van der Waals surface area contributed by atoms with Gasteiger partial charge in [-0.05, 0) is 0 Å². The molecule has 0 N–H and O–H groups in total. The molecule has 3 aliphatic carbocycles. The summed E-state index contributed by atoms with van der Waals surface area (Å²) >= 11 is -2.10. The Bertz CT molecular complexity index is 1220. The van der Waals surface area contributed by atoms with E-state index in [0.29, 0.717) is 0 Å². The third kappa shape index (κ3) is 6.12. The summed E-state index contributed by atoms with van der Waals surface area (Å²) in [6.45, 7) is 15.1. The smallest absolute Gasteiger partial charge is 1.00 e. The molecule has 0 aromatic heterocycles. The van der Waals surface area contributed by atoms with Crippen molar-refractivity contribution in [3.63, 3.8) is 0 Å². The van der Waals surface area contributed by atoms with Crippen LogP contribution in [0.5, 0.6) is 0 Å². The van der Waals surface area contributed by atoms with Gasteiger partial charge in [-0.15, -0.1) is 0 Å². The predicted molar refractivity (Wildman–Crippen MR) is 155 cm³/mol. The van der Waals surface area contributed by atoms with Crippen molar-refractivity contribution in [1.82, 2.24) is 0 Å². The fourth-order valence-electron chi connectivity index (χ4n) is 6.03. The van der Waals surface area contributed by atoms with Gasteiger partial charge < -0.3 is 24.8 Å². The molecule has 0 spiro atoms. The van der Waals surface area contributed by atoms with E-state index in [1.165, 1.54) is 44.9 Å². The summed E-state index contributed by atoms with van der Waals surface area (Å²) in [5.41, 5.74) is 6.49. The Kier molecular flexibility index (Phi) is 9.93. The number of hydrogen-bond donors (Lipinski definition) is 0. The molecule has 5 heteroatoms. The number of allylic oxidation sites excluding steroid dienone is 4. The van der Waals surface area contributed by atoms with Crippen molar-refractivity contribution < 1.29 is 46.1 Å². The van der Waals surface area contributed by atoms with Crippen molar-refractivity contribution in [2.75, 3.05) is 0 Å². The van der Waals surface area contributed by atoms with Gasteiger partial charge in [-0.25, -0.2) is 0 Å². The zero-order valence-corrected chi connectivity index (χ0v) is 29.0. The van der Waals surface area contributed by atoms with Gasteiger partial charge in [0.05, 0.1) is 0 Å². The SMILES string of the molecule is C[Si](C)(C)c1ccc2c(c1)-c1cc([Si](C)(C)C)c[c]([Zr+2]([C]3=CC=CC3)=[C]3CCCCCC3)c1C2.[Cl-].[Cl-]. The van der Waals surface area contributed by atoms with Gasteiger partial charge in [-0.3, -0.25) is 0 Å². The Morgan fingerprint density at radius 2 is 1.36 bits per heavy atom. The van der Waals surface area contributed by atoms with E-state index < -0.39 is 37.4 Å². The molecule has 0 saturated heterocycles. The summed E-state index contributed by atoms with van der Waals surface area (Å²) in [5.74, 6) is 0. The molecule has 192 valence electrons. The van der Waals surface area contributed by atoms with Gasteiger partial charge in [0.1, 0.15) is 0 Å². The van der Waals surface area contributed by atoms with Gasteiger partial charge in [0.25, 0.3) is 0 Å². The topological polar surface area (TPSA) is 0 Å². The first-order chi connectivity index (χ1) is 16.1. The minimum atomic E-state index is -2.10. The van der Waals surface area contributed by atoms with Crippen LogP contribution in [-0.4, -0.2) is 19.4 Å². The van der Waals surface area contributed by atoms with E-state index in [4.69, 9.17) is 0 Å². The molecule has 0 unspecified atom stereocenters. The number of benzene rings is 2. The molecule has 1 saturated carbocycles. The van der Waals surface area contributed by atoms with Crippen molar-refractivity contribution in [1.29, 1.82) is 0 Å². The van der Waals surface area contributed by atoms with Gasteiger partial charge >= 0.3 is 219 Å². The van der Waals surface area contributed by atoms with E-state index in [9.17, 15) is 0 Å². The summed E-state index contributed by atoms with van der Waals surface area (Å²) in [4.78, 5) is 0. The van der Waals surface area contributed by atoms with Gasteiger partial charge in [0, 0.05) is 0 Å². The van der Waals surface area contributed by atoms with Crippen LogP contribution in [0.2, 0.25) is 39.3 Å². The van der Waals surface area contributed by atoms with Gasteiger partial charge in [-0.2, -0.15) is 0 Å². The van der Waals surface area contributed by atoms with Crippen molar-refractivity contribution in [2.45, 2.75) is 90.6 Å². The second kappa shape index (κ2) is 11.8. The van der Waals surface area contributed by atoms with E-state index in [1.54, 1.807) is 32.6 Å². The van der Waals surface area contributed by atoms with Gasteiger partial charge in [0.2, 0.25) is 0 Å². The molecule has 0 radical (unpaired) electrons. The van der Waals surface area contributed by atoms with E-state index in [2.05, 4.69) is 87.8 Å². The van der Waals surface area contributed by atoms with Crippen molar-refractivity contribution in [3.05, 3.63) is 63.0 Å². The minimum absolute atomic E-state index is 0. The van der Waals surface area contributed by atoms with Crippen LogP contribution < -0.4 is 38.5 Å². The summed E-state index contributed by atoms with van der Waals surface area (Å²) < 4.78 is 5.71. The molecule has 5 rings (SSSR count). The van der Waals surface area contributed by atoms with E-state index >= 15 is 0 Å². The average molecular weight is 633 g/mol. The van der Waals surface area contributed by atoms with Crippen molar-refractivity contribution >= 4 is 33.0 Å². The van der Waals surface area contributed by atoms with E-state index in [-0.39, 0.29) is 24.8 Å². The largest absolute Gasteiger partial charge is 1.00 e. The quantitative estimate of drug-likeness (QED) is 0.297. The Morgan fingerprint density at radius 3 is 1.94 bits per heavy atom. The Balaban J connectivity index is 0.00000180. The van der Waals surface area contributed by atoms with Crippen LogP contribution in [0.15, 0.2) is 51.8 Å². The molecule has 3 aliphatic rings. The average Bonchev–Trinajstić information content (AvgIpc) is 3.34. The summed E-state index contributed by atoms with van der Waals surface area (Å²) in [6, 6.07) is 13.0. The molecule has 0 atom stereocenters. The van der Waals surface area contributed by atoms with Crippen LogP contribution in [0.25, 0.3) is 11.1 Å². The molecular weight excluding hydrogens is 591 g/mol. The Labute approximate surface area is 242 Å². The second-order valence-corrected chi connectivity index (χ2v) is 29.5. The predicted octanol–water partition coefficient (Wildman–Crippen LogP) is 0.970. The summed E-state index contributed by atoms with van der Waals surface area (Å²) in [5, 5.41) is 3.30. The van der Waals surface area contributed by atoms with Crippen LogP contribution in [0, 0.1) is 0 Å². The Morgan fingerprint density at radius 1 is 0.722 bits per heavy atom. The first-order valence-corrected chi connectivity index (χ1v) is 24.2. The maximum atomic E-state index is 2.77. The van der Waals surface area contributed by atoms with Crippen LogP contribution in [-0.2, 0) is 27.7 Å². The molecule has 0 amide bonds. The van der Waals surface area contributed by atoms with Crippen LogP contribution >= 0.6 is 0 Å². The number of hydrogen-bond acceptors (Lipinski definition) is 0. The van der Waals surface area contributed by atoms with Crippen molar-refractivity contribution in [3.8, 4) is 11.1 Å². The van der Waals surface area contributed by atoms with Crippen LogP contribution in [0.4, 0.5) is 0 Å². The number of rotatable bonds is 4. The Hall–Kier alpha value is -0.313. The first-order valence-electron chi connectivity index (χ1n) is 13.5. The van der Waals surface area contributed by atoms with Crippen LogP contribution in [0.1, 0.15) is 56.1 Å². The zero-order chi connectivity index (χ0) is 24.1. The molecule has 1 fully saturated rings. The van der Waals surface area contributed by atoms with Gasteiger partial charge in [0.15, 0.2) is 0 Å². The fraction of sp³-hybridized carbons (Fsp3) is 0.452. The maximum Gasteiger partial charge on any atom is -1.00 e. The second-order valence-electron chi connectivity index (χ2n) is 12.8. The maximum absolute atomic E-state index is 2.77. The number of halogens is 2. The standard InChI is InChI=1S/C19H25Si2.C7H12.C5H5.2ClH.Zr/c1-20(2,3)16-9-7-14-11-15-8-10-17(21(4,5)6)13-19(15)18(14)12-16;1-2-4-6-7-5-3-1;1-2-4-5-3-1;;;/h7,9-10,12-13H,11H2,1-6H3;1-6H2;1-3H,4H2;2*1H;/q;;;;;+2/p-2. The molecular formula is C31H42Cl2Si2Zr. The molecule has 36 heavy (non-hydrogen) atoms.